The average molecular weight is 377 g/mol. The molecule has 1 aromatic heterocycles. The number of anilines is 1. The minimum atomic E-state index is -3.53. The summed E-state index contributed by atoms with van der Waals surface area (Å²) in [6.07, 6.45) is 1.04. The Morgan fingerprint density at radius 3 is 2.35 bits per heavy atom. The molecule has 0 bridgehead atoms. The second kappa shape index (κ2) is 7.20. The molecule has 0 aliphatic carbocycles. The van der Waals surface area contributed by atoms with Gasteiger partial charge < -0.3 is 9.84 Å². The van der Waals surface area contributed by atoms with E-state index in [2.05, 4.69) is 24.3 Å². The van der Waals surface area contributed by atoms with Crippen LogP contribution in [0, 0.1) is 18.8 Å². The number of carbonyl (C=O) groups is 1. The molecule has 140 valence electrons. The summed E-state index contributed by atoms with van der Waals surface area (Å²) in [7, 11) is -3.53. The van der Waals surface area contributed by atoms with Crippen molar-refractivity contribution in [1.82, 2.24) is 9.46 Å². The number of carbonyl (C=O) groups excluding carboxylic acids is 1. The van der Waals surface area contributed by atoms with E-state index in [9.17, 15) is 13.2 Å². The zero-order valence-electron chi connectivity index (χ0n) is 15.1. The van der Waals surface area contributed by atoms with Crippen molar-refractivity contribution in [2.24, 2.45) is 11.8 Å². The molecule has 1 fully saturated rings. The number of hydrogen-bond donors (Lipinski definition) is 1. The molecule has 1 aromatic carbocycles. The van der Waals surface area contributed by atoms with E-state index < -0.39 is 15.9 Å². The molecular weight excluding hydrogens is 354 g/mol. The first-order chi connectivity index (χ1) is 12.3. The predicted octanol–water partition coefficient (Wildman–Crippen LogP) is 2.90. The summed E-state index contributed by atoms with van der Waals surface area (Å²) in [5, 5.41) is 6.33. The van der Waals surface area contributed by atoms with Gasteiger partial charge in [-0.3, -0.25) is 4.79 Å². The van der Waals surface area contributed by atoms with E-state index in [1.165, 1.54) is 18.2 Å². The highest BCUT2D eigenvalue weighted by atomic mass is 32.2. The molecule has 1 N–H and O–H groups in total. The highest BCUT2D eigenvalue weighted by Crippen LogP contribution is 2.27. The van der Waals surface area contributed by atoms with Crippen LogP contribution in [0.4, 0.5) is 5.69 Å². The molecular formula is C18H23N3O4S. The first-order valence-corrected chi connectivity index (χ1v) is 10.0. The molecule has 1 aliphatic heterocycles. The van der Waals surface area contributed by atoms with Crippen LogP contribution in [0.1, 0.15) is 36.5 Å². The quantitative estimate of drug-likeness (QED) is 0.884. The summed E-state index contributed by atoms with van der Waals surface area (Å²) >= 11 is 0. The van der Waals surface area contributed by atoms with E-state index in [0.717, 1.165) is 6.42 Å². The van der Waals surface area contributed by atoms with E-state index >= 15 is 0 Å². The van der Waals surface area contributed by atoms with Crippen molar-refractivity contribution in [3.63, 3.8) is 0 Å². The molecule has 3 rings (SSSR count). The molecule has 1 aliphatic rings. The average Bonchev–Trinajstić information content (AvgIpc) is 3.01. The Balaban J connectivity index is 1.73. The lowest BCUT2D eigenvalue weighted by Gasteiger charge is -2.34. The number of piperidine rings is 1. The van der Waals surface area contributed by atoms with Crippen LogP contribution < -0.4 is 5.32 Å². The van der Waals surface area contributed by atoms with Crippen molar-refractivity contribution in [2.75, 3.05) is 18.4 Å². The van der Waals surface area contributed by atoms with Gasteiger partial charge in [-0.1, -0.05) is 19.0 Å². The van der Waals surface area contributed by atoms with Crippen LogP contribution >= 0.6 is 0 Å². The Bertz CT molecular complexity index is 879. The summed E-state index contributed by atoms with van der Waals surface area (Å²) in [6.45, 7) is 6.92. The van der Waals surface area contributed by atoms with Crippen molar-refractivity contribution < 1.29 is 17.7 Å². The maximum absolute atomic E-state index is 12.9. The fourth-order valence-corrected chi connectivity index (χ4v) is 5.01. The van der Waals surface area contributed by atoms with Gasteiger partial charge in [-0.15, -0.1) is 0 Å². The van der Waals surface area contributed by atoms with Gasteiger partial charge >= 0.3 is 0 Å². The molecule has 0 radical (unpaired) electrons. The van der Waals surface area contributed by atoms with Gasteiger partial charge in [-0.25, -0.2) is 8.42 Å². The SMILES string of the molecule is Cc1cc(C(=O)Nc2ccc(S(=O)(=O)N3CC(C)CC(C)C3)cc2)no1. The highest BCUT2D eigenvalue weighted by molar-refractivity contribution is 7.89. The van der Waals surface area contributed by atoms with Gasteiger partial charge in [0.2, 0.25) is 10.0 Å². The van der Waals surface area contributed by atoms with Crippen LogP contribution in [-0.4, -0.2) is 36.9 Å². The maximum Gasteiger partial charge on any atom is 0.277 e. The monoisotopic (exact) mass is 377 g/mol. The van der Waals surface area contributed by atoms with E-state index in [1.54, 1.807) is 23.4 Å². The number of sulfonamides is 1. The minimum Gasteiger partial charge on any atom is -0.361 e. The molecule has 26 heavy (non-hydrogen) atoms. The van der Waals surface area contributed by atoms with Crippen molar-refractivity contribution in [3.8, 4) is 0 Å². The standard InChI is InChI=1S/C18H23N3O4S/c1-12-8-13(2)11-21(10-12)26(23,24)16-6-4-15(5-7-16)19-18(22)17-9-14(3)25-20-17/h4-7,9,12-13H,8,10-11H2,1-3H3,(H,19,22). The Kier molecular flexibility index (Phi) is 5.15. The number of rotatable bonds is 4. The third kappa shape index (κ3) is 3.96. The van der Waals surface area contributed by atoms with Crippen LogP contribution in [0.5, 0.6) is 0 Å². The molecule has 2 heterocycles. The molecule has 7 nitrogen and oxygen atoms in total. The first kappa shape index (κ1) is 18.6. The van der Waals surface area contributed by atoms with Gasteiger partial charge in [-0.2, -0.15) is 4.31 Å². The Labute approximate surface area is 153 Å². The van der Waals surface area contributed by atoms with Crippen molar-refractivity contribution in [2.45, 2.75) is 32.1 Å². The molecule has 2 unspecified atom stereocenters. The van der Waals surface area contributed by atoms with E-state index in [4.69, 9.17) is 4.52 Å². The summed E-state index contributed by atoms with van der Waals surface area (Å²) in [5.74, 6) is 0.828. The Hall–Kier alpha value is -2.19. The van der Waals surface area contributed by atoms with Gasteiger partial charge in [0.15, 0.2) is 5.69 Å². The summed E-state index contributed by atoms with van der Waals surface area (Å²) in [4.78, 5) is 12.3. The number of nitrogens with zero attached hydrogens (tertiary/aromatic N) is 2. The van der Waals surface area contributed by atoms with Gasteiger partial charge in [0.1, 0.15) is 5.76 Å². The fraction of sp³-hybridized carbons (Fsp3) is 0.444. The molecule has 1 saturated heterocycles. The zero-order chi connectivity index (χ0) is 18.9. The zero-order valence-corrected chi connectivity index (χ0v) is 15.9. The van der Waals surface area contributed by atoms with Crippen molar-refractivity contribution in [1.29, 1.82) is 0 Å². The summed E-state index contributed by atoms with van der Waals surface area (Å²) in [6, 6.07) is 7.72. The molecule has 2 aromatic rings. The molecule has 8 heteroatoms. The van der Waals surface area contributed by atoms with E-state index in [-0.39, 0.29) is 10.6 Å². The topological polar surface area (TPSA) is 92.5 Å². The van der Waals surface area contributed by atoms with Crippen LogP contribution in [-0.2, 0) is 10.0 Å². The minimum absolute atomic E-state index is 0.176. The lowest BCUT2D eigenvalue weighted by molar-refractivity contribution is 0.101. The number of benzene rings is 1. The number of hydrogen-bond acceptors (Lipinski definition) is 5. The van der Waals surface area contributed by atoms with Gasteiger partial charge in [0.25, 0.3) is 5.91 Å². The van der Waals surface area contributed by atoms with Crippen molar-refractivity contribution >= 4 is 21.6 Å². The van der Waals surface area contributed by atoms with Crippen molar-refractivity contribution in [3.05, 3.63) is 41.8 Å². The van der Waals surface area contributed by atoms with Crippen LogP contribution in [0.15, 0.2) is 39.8 Å². The molecule has 1 amide bonds. The molecule has 0 saturated carbocycles. The third-order valence-electron chi connectivity index (χ3n) is 4.45. The lowest BCUT2D eigenvalue weighted by Crippen LogP contribution is -2.42. The fourth-order valence-electron chi connectivity index (χ4n) is 3.33. The largest absolute Gasteiger partial charge is 0.361 e. The van der Waals surface area contributed by atoms with E-state index in [1.807, 2.05) is 0 Å². The molecule has 2 atom stereocenters. The van der Waals surface area contributed by atoms with Gasteiger partial charge in [-0.05, 0) is 49.4 Å². The number of aromatic nitrogens is 1. The predicted molar refractivity (Wildman–Crippen MR) is 97.3 cm³/mol. The lowest BCUT2D eigenvalue weighted by atomic mass is 9.94. The summed E-state index contributed by atoms with van der Waals surface area (Å²) < 4.78 is 32.1. The normalized spacial score (nSPS) is 21.5. The number of nitrogens with one attached hydrogen (secondary N) is 1. The van der Waals surface area contributed by atoms with Gasteiger partial charge in [0, 0.05) is 24.8 Å². The first-order valence-electron chi connectivity index (χ1n) is 8.60. The maximum atomic E-state index is 12.9. The smallest absolute Gasteiger partial charge is 0.277 e. The van der Waals surface area contributed by atoms with Crippen LogP contribution in [0.25, 0.3) is 0 Å². The Morgan fingerprint density at radius 1 is 1.19 bits per heavy atom. The second-order valence-electron chi connectivity index (χ2n) is 7.07. The number of amides is 1. The highest BCUT2D eigenvalue weighted by Gasteiger charge is 2.31. The van der Waals surface area contributed by atoms with E-state index in [0.29, 0.717) is 36.4 Å². The molecule has 0 spiro atoms. The number of aryl methyl sites for hydroxylation is 1. The van der Waals surface area contributed by atoms with Gasteiger partial charge in [0.05, 0.1) is 4.90 Å². The third-order valence-corrected chi connectivity index (χ3v) is 6.29. The second-order valence-corrected chi connectivity index (χ2v) is 9.01. The van der Waals surface area contributed by atoms with Crippen LogP contribution in [0.2, 0.25) is 0 Å². The summed E-state index contributed by atoms with van der Waals surface area (Å²) in [5.41, 5.74) is 0.672. The Morgan fingerprint density at radius 2 is 1.81 bits per heavy atom. The van der Waals surface area contributed by atoms with Crippen LogP contribution in [0.3, 0.4) is 0 Å².